The molecule has 31 heavy (non-hydrogen) atoms. The molecule has 2 heterocycles. The summed E-state index contributed by atoms with van der Waals surface area (Å²) in [4.78, 5) is 32.9. The first-order valence-electron chi connectivity index (χ1n) is 10.2. The van der Waals surface area contributed by atoms with Crippen molar-refractivity contribution in [3.05, 3.63) is 33.7 Å². The van der Waals surface area contributed by atoms with Crippen molar-refractivity contribution in [1.29, 1.82) is 0 Å². The Kier molecular flexibility index (Phi) is 7.59. The number of carbonyl (C=O) groups excluding carboxylic acids is 2. The van der Waals surface area contributed by atoms with Crippen molar-refractivity contribution in [3.63, 3.8) is 0 Å². The van der Waals surface area contributed by atoms with E-state index in [1.807, 2.05) is 0 Å². The molecule has 0 aliphatic carbocycles. The second-order valence-corrected chi connectivity index (χ2v) is 10.7. The van der Waals surface area contributed by atoms with E-state index in [1.165, 1.54) is 41.9 Å². The number of anilines is 1. The minimum atomic E-state index is -0.674. The van der Waals surface area contributed by atoms with Gasteiger partial charge in [0, 0.05) is 24.3 Å². The van der Waals surface area contributed by atoms with Crippen LogP contribution in [-0.4, -0.2) is 54.3 Å². The first kappa shape index (κ1) is 23.5. The second kappa shape index (κ2) is 9.99. The molecular formula is C22H28BrN3O4S. The predicted molar refractivity (Wildman–Crippen MR) is 125 cm³/mol. The first-order chi connectivity index (χ1) is 14.7. The lowest BCUT2D eigenvalue weighted by molar-refractivity contribution is -0.142. The summed E-state index contributed by atoms with van der Waals surface area (Å²) in [5, 5.41) is 0.844. The lowest BCUT2D eigenvalue weighted by atomic mass is 10.2. The molecule has 1 aliphatic heterocycles. The summed E-state index contributed by atoms with van der Waals surface area (Å²) in [5.41, 5.74) is 2.23. The Morgan fingerprint density at radius 2 is 1.84 bits per heavy atom. The molecule has 2 aromatic rings. The SMILES string of the molecule is COC(=O)CN(Cc1nc(-c2ccc(N3CCCC3)cc2)sc1Br)C(=O)OC(C)(C)C. The van der Waals surface area contributed by atoms with E-state index in [0.717, 1.165) is 27.4 Å². The molecule has 3 rings (SSSR count). The Morgan fingerprint density at radius 3 is 2.42 bits per heavy atom. The Balaban J connectivity index is 1.77. The molecule has 0 bridgehead atoms. The molecule has 0 atom stereocenters. The smallest absolute Gasteiger partial charge is 0.411 e. The van der Waals surface area contributed by atoms with Crippen molar-refractivity contribution in [3.8, 4) is 10.6 Å². The van der Waals surface area contributed by atoms with Gasteiger partial charge in [0.15, 0.2) is 0 Å². The number of amides is 1. The Labute approximate surface area is 195 Å². The number of hydrogen-bond donors (Lipinski definition) is 0. The number of benzene rings is 1. The summed E-state index contributed by atoms with van der Waals surface area (Å²) in [6.07, 6.45) is 1.89. The molecule has 1 aromatic heterocycles. The van der Waals surface area contributed by atoms with E-state index in [9.17, 15) is 9.59 Å². The Hall–Kier alpha value is -2.13. The van der Waals surface area contributed by atoms with Crippen LogP contribution in [0.4, 0.5) is 10.5 Å². The normalized spacial score (nSPS) is 13.9. The third-order valence-corrected chi connectivity index (χ3v) is 6.65. The van der Waals surface area contributed by atoms with Crippen molar-refractivity contribution >= 4 is 45.0 Å². The molecule has 0 radical (unpaired) electrons. The lowest BCUT2D eigenvalue weighted by Gasteiger charge is -2.26. The highest BCUT2D eigenvalue weighted by molar-refractivity contribution is 9.11. The molecule has 1 aromatic carbocycles. The number of hydrogen-bond acceptors (Lipinski definition) is 7. The van der Waals surface area contributed by atoms with Crippen LogP contribution in [-0.2, 0) is 20.8 Å². The molecule has 0 unspecified atom stereocenters. The molecule has 1 saturated heterocycles. The summed E-state index contributed by atoms with van der Waals surface area (Å²) in [6.45, 7) is 7.47. The monoisotopic (exact) mass is 509 g/mol. The number of rotatable bonds is 6. The van der Waals surface area contributed by atoms with E-state index in [0.29, 0.717) is 5.69 Å². The number of aromatic nitrogens is 1. The number of esters is 1. The average Bonchev–Trinajstić information content (AvgIpc) is 3.36. The highest BCUT2D eigenvalue weighted by atomic mass is 79.9. The Bertz CT molecular complexity index is 918. The van der Waals surface area contributed by atoms with Crippen LogP contribution in [0.1, 0.15) is 39.3 Å². The fraction of sp³-hybridized carbons (Fsp3) is 0.500. The molecule has 1 amide bonds. The second-order valence-electron chi connectivity index (χ2n) is 8.39. The van der Waals surface area contributed by atoms with Crippen molar-refractivity contribution < 1.29 is 19.1 Å². The van der Waals surface area contributed by atoms with Crippen LogP contribution in [0.5, 0.6) is 0 Å². The third kappa shape index (κ3) is 6.43. The maximum atomic E-state index is 12.6. The molecular weight excluding hydrogens is 482 g/mol. The van der Waals surface area contributed by atoms with Crippen molar-refractivity contribution in [2.24, 2.45) is 0 Å². The minimum absolute atomic E-state index is 0.132. The van der Waals surface area contributed by atoms with E-state index >= 15 is 0 Å². The van der Waals surface area contributed by atoms with Crippen LogP contribution >= 0.6 is 27.3 Å². The summed E-state index contributed by atoms with van der Waals surface area (Å²) >= 11 is 5.05. The molecule has 1 fully saturated rings. The van der Waals surface area contributed by atoms with Crippen LogP contribution in [0.3, 0.4) is 0 Å². The maximum absolute atomic E-state index is 12.6. The maximum Gasteiger partial charge on any atom is 0.411 e. The van der Waals surface area contributed by atoms with Crippen molar-refractivity contribution in [2.75, 3.05) is 31.6 Å². The van der Waals surface area contributed by atoms with Crippen LogP contribution in [0.15, 0.2) is 28.1 Å². The van der Waals surface area contributed by atoms with Crippen LogP contribution < -0.4 is 4.90 Å². The molecule has 0 saturated carbocycles. The zero-order valence-corrected chi connectivity index (χ0v) is 20.7. The summed E-state index contributed by atoms with van der Waals surface area (Å²) < 4.78 is 11.0. The molecule has 0 N–H and O–H groups in total. The van der Waals surface area contributed by atoms with Crippen LogP contribution in [0, 0.1) is 0 Å². The molecule has 1 aliphatic rings. The van der Waals surface area contributed by atoms with E-state index < -0.39 is 17.7 Å². The van der Waals surface area contributed by atoms with E-state index in [2.05, 4.69) is 45.1 Å². The number of methoxy groups -OCH3 is 1. The standard InChI is InChI=1S/C22H28BrN3O4S/c1-22(2,3)30-21(28)26(14-18(27)29-4)13-17-19(23)31-20(24-17)15-7-9-16(10-8-15)25-11-5-6-12-25/h7-10H,5-6,11-14H2,1-4H3. The number of ether oxygens (including phenoxy) is 2. The van der Waals surface area contributed by atoms with E-state index in [4.69, 9.17) is 14.5 Å². The molecule has 0 spiro atoms. The number of nitrogens with zero attached hydrogens (tertiary/aromatic N) is 3. The molecule has 168 valence electrons. The summed E-state index contributed by atoms with van der Waals surface area (Å²) in [7, 11) is 1.29. The van der Waals surface area contributed by atoms with Crippen molar-refractivity contribution in [1.82, 2.24) is 9.88 Å². The van der Waals surface area contributed by atoms with Gasteiger partial charge in [-0.3, -0.25) is 9.69 Å². The third-order valence-electron chi connectivity index (χ3n) is 4.78. The highest BCUT2D eigenvalue weighted by Crippen LogP contribution is 2.34. The number of carbonyl (C=O) groups is 2. The minimum Gasteiger partial charge on any atom is -0.468 e. The zero-order valence-electron chi connectivity index (χ0n) is 18.3. The lowest BCUT2D eigenvalue weighted by Crippen LogP contribution is -2.39. The van der Waals surface area contributed by atoms with Crippen molar-refractivity contribution in [2.45, 2.75) is 45.8 Å². The zero-order chi connectivity index (χ0) is 22.6. The average molecular weight is 510 g/mol. The number of thiazole rings is 1. The summed E-state index contributed by atoms with van der Waals surface area (Å²) in [5.74, 6) is -0.519. The topological polar surface area (TPSA) is 72.0 Å². The summed E-state index contributed by atoms with van der Waals surface area (Å²) in [6, 6.07) is 8.39. The predicted octanol–water partition coefficient (Wildman–Crippen LogP) is 5.08. The van der Waals surface area contributed by atoms with Gasteiger partial charge in [0.2, 0.25) is 0 Å². The van der Waals surface area contributed by atoms with Gasteiger partial charge >= 0.3 is 12.1 Å². The van der Waals surface area contributed by atoms with Gasteiger partial charge in [-0.15, -0.1) is 11.3 Å². The van der Waals surface area contributed by atoms with Gasteiger partial charge in [-0.25, -0.2) is 9.78 Å². The fourth-order valence-corrected chi connectivity index (χ4v) is 4.74. The van der Waals surface area contributed by atoms with Gasteiger partial charge in [-0.2, -0.15) is 0 Å². The van der Waals surface area contributed by atoms with Gasteiger partial charge in [-0.05, 0) is 73.8 Å². The van der Waals surface area contributed by atoms with Gasteiger partial charge < -0.3 is 14.4 Å². The molecule has 7 nitrogen and oxygen atoms in total. The van der Waals surface area contributed by atoms with Gasteiger partial charge in [0.1, 0.15) is 17.2 Å². The van der Waals surface area contributed by atoms with E-state index in [1.54, 1.807) is 20.8 Å². The van der Waals surface area contributed by atoms with Crippen LogP contribution in [0.25, 0.3) is 10.6 Å². The van der Waals surface area contributed by atoms with E-state index in [-0.39, 0.29) is 13.1 Å². The number of halogens is 1. The van der Waals surface area contributed by atoms with Gasteiger partial charge in [0.05, 0.1) is 23.1 Å². The largest absolute Gasteiger partial charge is 0.468 e. The van der Waals surface area contributed by atoms with Gasteiger partial charge in [-0.1, -0.05) is 0 Å². The van der Waals surface area contributed by atoms with Gasteiger partial charge in [0.25, 0.3) is 0 Å². The fourth-order valence-electron chi connectivity index (χ4n) is 3.26. The highest BCUT2D eigenvalue weighted by Gasteiger charge is 2.26. The van der Waals surface area contributed by atoms with Crippen LogP contribution in [0.2, 0.25) is 0 Å². The first-order valence-corrected chi connectivity index (χ1v) is 11.8. The Morgan fingerprint density at radius 1 is 1.19 bits per heavy atom. The quantitative estimate of drug-likeness (QED) is 0.505. The molecule has 9 heteroatoms.